The number of anilines is 1. The third kappa shape index (κ3) is 3.81. The molecule has 0 spiro atoms. The lowest BCUT2D eigenvalue weighted by atomic mass is 10.2. The van der Waals surface area contributed by atoms with Gasteiger partial charge in [-0.1, -0.05) is 11.6 Å². The topological polar surface area (TPSA) is 24.9 Å². The van der Waals surface area contributed by atoms with Crippen molar-refractivity contribution in [3.8, 4) is 0 Å². The van der Waals surface area contributed by atoms with Crippen molar-refractivity contribution in [3.63, 3.8) is 0 Å². The zero-order chi connectivity index (χ0) is 14.0. The van der Waals surface area contributed by atoms with E-state index in [1.54, 1.807) is 0 Å². The van der Waals surface area contributed by atoms with Crippen LogP contribution in [0.2, 0.25) is 4.47 Å². The average molecular weight is 311 g/mol. The normalized spacial score (nSPS) is 11.6. The first kappa shape index (κ1) is 14.1. The largest absolute Gasteiger partial charge is 0.416 e. The standard InChI is InChI=1S/C11H7ClF4N2S/c12-10-18-5-9(19-10)4-17-8-2-6(11(14,15)16)1-7(13)3-8/h1-3,5,17H,4H2. The van der Waals surface area contributed by atoms with Crippen molar-refractivity contribution in [1.82, 2.24) is 4.98 Å². The lowest BCUT2D eigenvalue weighted by molar-refractivity contribution is -0.137. The summed E-state index contributed by atoms with van der Waals surface area (Å²) < 4.78 is 50.9. The Kier molecular flexibility index (Phi) is 3.96. The molecule has 2 nitrogen and oxygen atoms in total. The van der Waals surface area contributed by atoms with E-state index in [0.29, 0.717) is 10.5 Å². The van der Waals surface area contributed by atoms with Crippen molar-refractivity contribution >= 4 is 28.6 Å². The van der Waals surface area contributed by atoms with Crippen molar-refractivity contribution in [2.75, 3.05) is 5.32 Å². The summed E-state index contributed by atoms with van der Waals surface area (Å²) in [7, 11) is 0. The van der Waals surface area contributed by atoms with Gasteiger partial charge < -0.3 is 5.32 Å². The SMILES string of the molecule is Fc1cc(NCc2cnc(Cl)s2)cc(C(F)(F)F)c1. The van der Waals surface area contributed by atoms with Gasteiger partial charge in [0, 0.05) is 16.8 Å². The average Bonchev–Trinajstić information content (AvgIpc) is 2.71. The van der Waals surface area contributed by atoms with E-state index >= 15 is 0 Å². The number of thiazole rings is 1. The summed E-state index contributed by atoms with van der Waals surface area (Å²) in [5.74, 6) is -0.945. The maximum absolute atomic E-state index is 13.1. The predicted molar refractivity (Wildman–Crippen MR) is 65.9 cm³/mol. The van der Waals surface area contributed by atoms with Gasteiger partial charge in [0.05, 0.1) is 12.1 Å². The number of nitrogens with zero attached hydrogens (tertiary/aromatic N) is 1. The highest BCUT2D eigenvalue weighted by Crippen LogP contribution is 2.31. The molecule has 0 aliphatic carbocycles. The van der Waals surface area contributed by atoms with Crippen LogP contribution in [0.4, 0.5) is 23.2 Å². The van der Waals surface area contributed by atoms with Crippen molar-refractivity contribution in [2.24, 2.45) is 0 Å². The first-order valence-corrected chi connectivity index (χ1v) is 6.26. The maximum Gasteiger partial charge on any atom is 0.416 e. The molecule has 2 aromatic rings. The number of hydrogen-bond donors (Lipinski definition) is 1. The van der Waals surface area contributed by atoms with Crippen LogP contribution < -0.4 is 5.32 Å². The second kappa shape index (κ2) is 5.34. The molecular weight excluding hydrogens is 304 g/mol. The smallest absolute Gasteiger partial charge is 0.380 e. The van der Waals surface area contributed by atoms with E-state index in [9.17, 15) is 17.6 Å². The van der Waals surface area contributed by atoms with Gasteiger partial charge in [0.15, 0.2) is 4.47 Å². The molecule has 0 fully saturated rings. The number of halogens is 5. The first-order chi connectivity index (χ1) is 8.84. The molecule has 0 amide bonds. The van der Waals surface area contributed by atoms with E-state index in [1.165, 1.54) is 17.5 Å². The molecule has 0 atom stereocenters. The fraction of sp³-hybridized carbons (Fsp3) is 0.182. The molecule has 0 aliphatic heterocycles. The van der Waals surface area contributed by atoms with Crippen LogP contribution in [0.1, 0.15) is 10.4 Å². The molecule has 0 unspecified atom stereocenters. The number of hydrogen-bond acceptors (Lipinski definition) is 3. The predicted octanol–water partition coefficient (Wildman–Crippen LogP) is 4.57. The summed E-state index contributed by atoms with van der Waals surface area (Å²) in [5, 5.41) is 2.70. The fourth-order valence-electron chi connectivity index (χ4n) is 1.41. The number of alkyl halides is 3. The lowest BCUT2D eigenvalue weighted by Gasteiger charge is -2.10. The van der Waals surface area contributed by atoms with Crippen LogP contribution in [0.25, 0.3) is 0 Å². The van der Waals surface area contributed by atoms with E-state index in [0.717, 1.165) is 17.0 Å². The summed E-state index contributed by atoms with van der Waals surface area (Å²) in [4.78, 5) is 4.53. The van der Waals surface area contributed by atoms with Crippen molar-refractivity contribution in [1.29, 1.82) is 0 Å². The molecule has 1 N–H and O–H groups in total. The van der Waals surface area contributed by atoms with Gasteiger partial charge in [-0.3, -0.25) is 0 Å². The van der Waals surface area contributed by atoms with Gasteiger partial charge in [-0.15, -0.1) is 11.3 Å². The van der Waals surface area contributed by atoms with Gasteiger partial charge in [0.1, 0.15) is 5.82 Å². The molecule has 0 radical (unpaired) electrons. The molecule has 1 heterocycles. The quantitative estimate of drug-likeness (QED) is 0.840. The van der Waals surface area contributed by atoms with Crippen LogP contribution in [0.3, 0.4) is 0 Å². The van der Waals surface area contributed by atoms with Gasteiger partial charge >= 0.3 is 6.18 Å². The molecule has 0 aliphatic rings. The Labute approximate surface area is 115 Å². The van der Waals surface area contributed by atoms with Crippen LogP contribution >= 0.6 is 22.9 Å². The Morgan fingerprint density at radius 3 is 2.58 bits per heavy atom. The minimum Gasteiger partial charge on any atom is -0.380 e. The third-order valence-corrected chi connectivity index (χ3v) is 3.33. The Hall–Kier alpha value is -1.34. The number of aromatic nitrogens is 1. The van der Waals surface area contributed by atoms with Gasteiger partial charge in [-0.2, -0.15) is 13.2 Å². The highest BCUT2D eigenvalue weighted by molar-refractivity contribution is 7.15. The molecule has 102 valence electrons. The van der Waals surface area contributed by atoms with Crippen molar-refractivity contribution in [3.05, 3.63) is 45.1 Å². The summed E-state index contributed by atoms with van der Waals surface area (Å²) in [6.07, 6.45) is -3.07. The van der Waals surface area contributed by atoms with Gasteiger partial charge in [-0.05, 0) is 18.2 Å². The van der Waals surface area contributed by atoms with Gasteiger partial charge in [-0.25, -0.2) is 9.37 Å². The first-order valence-electron chi connectivity index (χ1n) is 5.06. The monoisotopic (exact) mass is 310 g/mol. The Morgan fingerprint density at radius 1 is 1.26 bits per heavy atom. The zero-order valence-electron chi connectivity index (χ0n) is 9.26. The van der Waals surface area contributed by atoms with Crippen LogP contribution in [-0.4, -0.2) is 4.98 Å². The van der Waals surface area contributed by atoms with E-state index < -0.39 is 17.6 Å². The zero-order valence-corrected chi connectivity index (χ0v) is 10.8. The van der Waals surface area contributed by atoms with Gasteiger partial charge in [0.25, 0.3) is 0 Å². The van der Waals surface area contributed by atoms with Crippen LogP contribution in [0, 0.1) is 5.82 Å². The summed E-state index contributed by atoms with van der Waals surface area (Å²) >= 11 is 6.82. The molecule has 1 aromatic carbocycles. The van der Waals surface area contributed by atoms with Crippen LogP contribution in [-0.2, 0) is 12.7 Å². The maximum atomic E-state index is 13.1. The van der Waals surface area contributed by atoms with E-state index in [2.05, 4.69) is 10.3 Å². The highest BCUT2D eigenvalue weighted by Gasteiger charge is 2.31. The van der Waals surface area contributed by atoms with Crippen LogP contribution in [0.15, 0.2) is 24.4 Å². The summed E-state index contributed by atoms with van der Waals surface area (Å²) in [6.45, 7) is 0.227. The fourth-order valence-corrected chi connectivity index (χ4v) is 2.33. The molecular formula is C11H7ClF4N2S. The summed E-state index contributed by atoms with van der Waals surface area (Å²) in [6, 6.07) is 2.30. The minimum atomic E-state index is -4.58. The molecule has 2 rings (SSSR count). The third-order valence-electron chi connectivity index (χ3n) is 2.22. The number of rotatable bonds is 3. The lowest BCUT2D eigenvalue weighted by Crippen LogP contribution is -2.07. The highest BCUT2D eigenvalue weighted by atomic mass is 35.5. The van der Waals surface area contributed by atoms with Crippen molar-refractivity contribution in [2.45, 2.75) is 12.7 Å². The minimum absolute atomic E-state index is 0.0526. The molecule has 1 aromatic heterocycles. The van der Waals surface area contributed by atoms with E-state index in [1.807, 2.05) is 0 Å². The Balaban J connectivity index is 2.14. The second-order valence-corrected chi connectivity index (χ2v) is 5.36. The van der Waals surface area contributed by atoms with E-state index in [-0.39, 0.29) is 12.2 Å². The van der Waals surface area contributed by atoms with Gasteiger partial charge in [0.2, 0.25) is 0 Å². The molecule has 8 heteroatoms. The van der Waals surface area contributed by atoms with E-state index in [4.69, 9.17) is 11.6 Å². The molecule has 0 bridgehead atoms. The summed E-state index contributed by atoms with van der Waals surface area (Å²) in [5.41, 5.74) is -0.978. The Morgan fingerprint density at radius 2 is 2.00 bits per heavy atom. The molecule has 0 saturated carbocycles. The second-order valence-electron chi connectivity index (χ2n) is 3.66. The number of benzene rings is 1. The van der Waals surface area contributed by atoms with Crippen molar-refractivity contribution < 1.29 is 17.6 Å². The van der Waals surface area contributed by atoms with Crippen LogP contribution in [0.5, 0.6) is 0 Å². The Bertz CT molecular complexity index is 582. The molecule has 19 heavy (non-hydrogen) atoms. The number of nitrogens with one attached hydrogen (secondary N) is 1. The molecule has 0 saturated heterocycles.